The molecule has 0 aliphatic carbocycles. The average Bonchev–Trinajstić information content (AvgIpc) is 2.18. The second-order valence-corrected chi connectivity index (χ2v) is 4.29. The Morgan fingerprint density at radius 2 is 2.20 bits per heavy atom. The minimum atomic E-state index is 0.203. The van der Waals surface area contributed by atoms with Gasteiger partial charge in [0.05, 0.1) is 5.71 Å². The second kappa shape index (κ2) is 5.14. The van der Waals surface area contributed by atoms with Gasteiger partial charge in [0.1, 0.15) is 5.75 Å². The highest BCUT2D eigenvalue weighted by Gasteiger charge is 2.04. The number of aryl methyl sites for hydroxylation is 1. The molecule has 0 spiro atoms. The van der Waals surface area contributed by atoms with E-state index in [1.807, 2.05) is 19.1 Å². The minimum absolute atomic E-state index is 0.203. The number of phenols is 1. The predicted molar refractivity (Wildman–Crippen MR) is 69.8 cm³/mol. The standard InChI is InChI=1S/C10H12N2OS2/c1-6-3-4-9(13)8(5-6)7(2)11-12-10(14)15/h3-5,13H,1-2H3,(H2,12,14,15)/b11-7+. The molecule has 1 aromatic carbocycles. The Morgan fingerprint density at radius 3 is 2.80 bits per heavy atom. The summed E-state index contributed by atoms with van der Waals surface area (Å²) < 4.78 is 0.293. The molecule has 0 aliphatic rings. The fourth-order valence-electron chi connectivity index (χ4n) is 1.13. The van der Waals surface area contributed by atoms with Crippen molar-refractivity contribution in [3.8, 4) is 5.75 Å². The normalized spacial score (nSPS) is 11.3. The van der Waals surface area contributed by atoms with Gasteiger partial charge in [0.2, 0.25) is 0 Å². The van der Waals surface area contributed by atoms with Crippen LogP contribution in [0.1, 0.15) is 18.1 Å². The lowest BCUT2D eigenvalue weighted by Gasteiger charge is -2.05. The monoisotopic (exact) mass is 240 g/mol. The van der Waals surface area contributed by atoms with Gasteiger partial charge in [-0.2, -0.15) is 5.10 Å². The highest BCUT2D eigenvalue weighted by Crippen LogP contribution is 2.18. The van der Waals surface area contributed by atoms with E-state index >= 15 is 0 Å². The summed E-state index contributed by atoms with van der Waals surface area (Å²) in [4.78, 5) is 0. The van der Waals surface area contributed by atoms with E-state index in [0.717, 1.165) is 5.56 Å². The van der Waals surface area contributed by atoms with E-state index in [4.69, 9.17) is 12.2 Å². The Morgan fingerprint density at radius 1 is 1.53 bits per heavy atom. The third-order valence-electron chi connectivity index (χ3n) is 1.86. The first-order valence-corrected chi connectivity index (χ1v) is 5.19. The van der Waals surface area contributed by atoms with Crippen molar-refractivity contribution in [1.29, 1.82) is 0 Å². The van der Waals surface area contributed by atoms with Crippen LogP contribution in [0, 0.1) is 6.92 Å². The van der Waals surface area contributed by atoms with Crippen LogP contribution in [-0.4, -0.2) is 15.1 Å². The molecule has 0 heterocycles. The maximum absolute atomic E-state index is 9.61. The molecule has 0 atom stereocenters. The molecule has 0 saturated carbocycles. The summed E-state index contributed by atoms with van der Waals surface area (Å²) in [6, 6.07) is 5.34. The zero-order chi connectivity index (χ0) is 11.4. The van der Waals surface area contributed by atoms with Gasteiger partial charge in [-0.25, -0.2) is 0 Å². The summed E-state index contributed by atoms with van der Waals surface area (Å²) in [6.45, 7) is 3.74. The van der Waals surface area contributed by atoms with Crippen LogP contribution in [0.3, 0.4) is 0 Å². The molecule has 0 saturated heterocycles. The van der Waals surface area contributed by atoms with Crippen LogP contribution in [0.15, 0.2) is 23.3 Å². The molecule has 2 N–H and O–H groups in total. The summed E-state index contributed by atoms with van der Waals surface area (Å²) >= 11 is 8.59. The summed E-state index contributed by atoms with van der Waals surface area (Å²) in [5.74, 6) is 0.203. The second-order valence-electron chi connectivity index (χ2n) is 3.13. The number of phenolic OH excluding ortho intramolecular Hbond substituents is 1. The summed E-state index contributed by atoms with van der Waals surface area (Å²) in [6.07, 6.45) is 0. The Labute approximate surface area is 99.6 Å². The van der Waals surface area contributed by atoms with E-state index in [0.29, 0.717) is 15.6 Å². The topological polar surface area (TPSA) is 44.6 Å². The molecule has 0 unspecified atom stereocenters. The molecular weight excluding hydrogens is 228 g/mol. The molecule has 1 rings (SSSR count). The molecule has 5 heteroatoms. The van der Waals surface area contributed by atoms with Gasteiger partial charge in [0.25, 0.3) is 0 Å². The number of hydrogen-bond acceptors (Lipinski definition) is 3. The molecule has 0 bridgehead atoms. The van der Waals surface area contributed by atoms with Crippen molar-refractivity contribution in [2.24, 2.45) is 5.10 Å². The van der Waals surface area contributed by atoms with Crippen molar-refractivity contribution in [3.63, 3.8) is 0 Å². The molecule has 15 heavy (non-hydrogen) atoms. The van der Waals surface area contributed by atoms with E-state index in [9.17, 15) is 5.11 Å². The third kappa shape index (κ3) is 3.53. The van der Waals surface area contributed by atoms with Crippen molar-refractivity contribution in [2.45, 2.75) is 13.8 Å². The molecule has 0 fully saturated rings. The lowest BCUT2D eigenvalue weighted by atomic mass is 10.1. The Kier molecular flexibility index (Phi) is 4.11. The molecular formula is C10H12N2OS2. The first-order valence-electron chi connectivity index (χ1n) is 4.34. The molecule has 1 aromatic rings. The van der Waals surface area contributed by atoms with Crippen LogP contribution in [0.25, 0.3) is 0 Å². The Balaban J connectivity index is 2.99. The summed E-state index contributed by atoms with van der Waals surface area (Å²) in [5, 5.41) is 13.6. The first kappa shape index (κ1) is 12.0. The van der Waals surface area contributed by atoms with Gasteiger partial charge in [-0.05, 0) is 26.0 Å². The van der Waals surface area contributed by atoms with Crippen molar-refractivity contribution >= 4 is 34.9 Å². The lowest BCUT2D eigenvalue weighted by molar-refractivity contribution is 0.474. The maximum Gasteiger partial charge on any atom is 0.150 e. The highest BCUT2D eigenvalue weighted by molar-refractivity contribution is 8.11. The zero-order valence-corrected chi connectivity index (χ0v) is 10.2. The van der Waals surface area contributed by atoms with Gasteiger partial charge in [-0.15, -0.1) is 12.6 Å². The van der Waals surface area contributed by atoms with Crippen molar-refractivity contribution in [1.82, 2.24) is 5.43 Å². The Bertz CT molecular complexity index is 416. The molecule has 0 radical (unpaired) electrons. The number of nitrogens with one attached hydrogen (secondary N) is 1. The number of nitrogens with zero attached hydrogens (tertiary/aromatic N) is 1. The summed E-state index contributed by atoms with van der Waals surface area (Å²) in [7, 11) is 0. The van der Waals surface area contributed by atoms with Crippen molar-refractivity contribution in [3.05, 3.63) is 29.3 Å². The van der Waals surface area contributed by atoms with Crippen LogP contribution in [-0.2, 0) is 0 Å². The fraction of sp³-hybridized carbons (Fsp3) is 0.200. The van der Waals surface area contributed by atoms with Gasteiger partial charge in [0, 0.05) is 5.56 Å². The minimum Gasteiger partial charge on any atom is -0.507 e. The van der Waals surface area contributed by atoms with E-state index in [1.165, 1.54) is 0 Å². The number of thiocarbonyl (C=S) groups is 1. The summed E-state index contributed by atoms with van der Waals surface area (Å²) in [5.41, 5.74) is 4.97. The number of thiol groups is 1. The number of benzene rings is 1. The van der Waals surface area contributed by atoms with Crippen molar-refractivity contribution < 1.29 is 5.11 Å². The maximum atomic E-state index is 9.61. The van der Waals surface area contributed by atoms with Gasteiger partial charge in [0.15, 0.2) is 4.32 Å². The van der Waals surface area contributed by atoms with Crippen molar-refractivity contribution in [2.75, 3.05) is 0 Å². The van der Waals surface area contributed by atoms with E-state index in [1.54, 1.807) is 13.0 Å². The number of rotatable bonds is 2. The van der Waals surface area contributed by atoms with E-state index < -0.39 is 0 Å². The highest BCUT2D eigenvalue weighted by atomic mass is 32.1. The predicted octanol–water partition coefficient (Wildman–Crippen LogP) is 2.23. The molecule has 0 amide bonds. The number of aromatic hydroxyl groups is 1. The van der Waals surface area contributed by atoms with Gasteiger partial charge < -0.3 is 5.11 Å². The molecule has 3 nitrogen and oxygen atoms in total. The van der Waals surface area contributed by atoms with E-state index in [-0.39, 0.29) is 5.75 Å². The lowest BCUT2D eigenvalue weighted by Crippen LogP contribution is -2.11. The SMILES string of the molecule is C/C(=N\NC(=S)S)c1cc(C)ccc1O. The van der Waals surface area contributed by atoms with Crippen LogP contribution >= 0.6 is 24.8 Å². The zero-order valence-electron chi connectivity index (χ0n) is 8.48. The van der Waals surface area contributed by atoms with Crippen LogP contribution in [0.5, 0.6) is 5.75 Å². The molecule has 0 aromatic heterocycles. The fourth-order valence-corrected chi connectivity index (χ4v) is 1.23. The number of hydrogen-bond donors (Lipinski definition) is 3. The molecule has 80 valence electrons. The molecule has 0 aliphatic heterocycles. The van der Waals surface area contributed by atoms with E-state index in [2.05, 4.69) is 23.2 Å². The van der Waals surface area contributed by atoms with Crippen LogP contribution in [0.2, 0.25) is 0 Å². The largest absolute Gasteiger partial charge is 0.507 e. The van der Waals surface area contributed by atoms with Gasteiger partial charge in [-0.1, -0.05) is 23.8 Å². The van der Waals surface area contributed by atoms with Gasteiger partial charge >= 0.3 is 0 Å². The quantitative estimate of drug-likeness (QED) is 0.321. The van der Waals surface area contributed by atoms with Crippen LogP contribution in [0.4, 0.5) is 0 Å². The third-order valence-corrected chi connectivity index (χ3v) is 2.05. The van der Waals surface area contributed by atoms with Crippen LogP contribution < -0.4 is 5.43 Å². The smallest absolute Gasteiger partial charge is 0.150 e. The average molecular weight is 240 g/mol. The number of hydrazone groups is 1. The van der Waals surface area contributed by atoms with Gasteiger partial charge in [-0.3, -0.25) is 5.43 Å². The first-order chi connectivity index (χ1) is 7.00. The Hall–Kier alpha value is -1.07.